The van der Waals surface area contributed by atoms with Gasteiger partial charge in [-0.15, -0.1) is 0 Å². The SMILES string of the molecule is CC(C)(C)c1cnc(CN(CC2CC2)CC2CCCN2)o1. The average Bonchev–Trinajstić information content (AvgIpc) is 2.90. The number of aromatic nitrogens is 1. The molecule has 1 N–H and O–H groups in total. The van der Waals surface area contributed by atoms with Crippen LogP contribution in [0.15, 0.2) is 10.6 Å². The Balaban J connectivity index is 1.60. The largest absolute Gasteiger partial charge is 0.444 e. The summed E-state index contributed by atoms with van der Waals surface area (Å²) in [5.74, 6) is 2.77. The van der Waals surface area contributed by atoms with E-state index in [0.29, 0.717) is 6.04 Å². The molecule has 1 aliphatic carbocycles. The lowest BCUT2D eigenvalue weighted by Crippen LogP contribution is -2.38. The fraction of sp³-hybridized carbons (Fsp3) is 0.824. The summed E-state index contributed by atoms with van der Waals surface area (Å²) in [5.41, 5.74) is 0.0413. The summed E-state index contributed by atoms with van der Waals surface area (Å²) in [6, 6.07) is 0.654. The van der Waals surface area contributed by atoms with Gasteiger partial charge in [0, 0.05) is 24.5 Å². The highest BCUT2D eigenvalue weighted by Gasteiger charge is 2.28. The highest BCUT2D eigenvalue weighted by atomic mass is 16.4. The Hall–Kier alpha value is -0.870. The van der Waals surface area contributed by atoms with Gasteiger partial charge in [-0.1, -0.05) is 20.8 Å². The second-order valence-electron chi connectivity index (χ2n) is 7.80. The normalized spacial score (nSPS) is 23.1. The molecule has 0 aromatic carbocycles. The molecule has 21 heavy (non-hydrogen) atoms. The van der Waals surface area contributed by atoms with Crippen molar-refractivity contribution in [3.63, 3.8) is 0 Å². The van der Waals surface area contributed by atoms with Crippen molar-refractivity contribution in [1.29, 1.82) is 0 Å². The van der Waals surface area contributed by atoms with Crippen molar-refractivity contribution >= 4 is 0 Å². The topological polar surface area (TPSA) is 41.3 Å². The third-order valence-corrected chi connectivity index (χ3v) is 4.51. The van der Waals surface area contributed by atoms with E-state index in [4.69, 9.17) is 4.42 Å². The van der Waals surface area contributed by atoms with E-state index >= 15 is 0 Å². The maximum absolute atomic E-state index is 5.97. The van der Waals surface area contributed by atoms with Gasteiger partial charge in [-0.2, -0.15) is 0 Å². The van der Waals surface area contributed by atoms with Gasteiger partial charge < -0.3 is 9.73 Å². The lowest BCUT2D eigenvalue weighted by molar-refractivity contribution is 0.207. The van der Waals surface area contributed by atoms with Crippen LogP contribution < -0.4 is 5.32 Å². The molecule has 118 valence electrons. The summed E-state index contributed by atoms with van der Waals surface area (Å²) in [4.78, 5) is 7.04. The van der Waals surface area contributed by atoms with Crippen LogP contribution in [0.5, 0.6) is 0 Å². The van der Waals surface area contributed by atoms with E-state index < -0.39 is 0 Å². The van der Waals surface area contributed by atoms with Crippen LogP contribution in [0, 0.1) is 5.92 Å². The van der Waals surface area contributed by atoms with Crippen molar-refractivity contribution in [1.82, 2.24) is 15.2 Å². The number of nitrogens with one attached hydrogen (secondary N) is 1. The maximum atomic E-state index is 5.97. The van der Waals surface area contributed by atoms with Crippen molar-refractivity contribution in [2.24, 2.45) is 5.92 Å². The minimum Gasteiger partial charge on any atom is -0.444 e. The Labute approximate surface area is 128 Å². The molecule has 0 bridgehead atoms. The smallest absolute Gasteiger partial charge is 0.208 e. The monoisotopic (exact) mass is 291 g/mol. The van der Waals surface area contributed by atoms with E-state index in [0.717, 1.165) is 30.7 Å². The molecule has 1 saturated heterocycles. The van der Waals surface area contributed by atoms with E-state index in [1.807, 2.05) is 6.20 Å². The van der Waals surface area contributed by atoms with E-state index in [1.165, 1.54) is 38.8 Å². The molecule has 1 aromatic heterocycles. The summed E-state index contributed by atoms with van der Waals surface area (Å²) >= 11 is 0. The highest BCUT2D eigenvalue weighted by molar-refractivity contribution is 5.06. The van der Waals surface area contributed by atoms with Crippen LogP contribution in [0.2, 0.25) is 0 Å². The van der Waals surface area contributed by atoms with E-state index in [9.17, 15) is 0 Å². The van der Waals surface area contributed by atoms with Crippen molar-refractivity contribution in [3.8, 4) is 0 Å². The molecule has 4 nitrogen and oxygen atoms in total. The van der Waals surface area contributed by atoms with Crippen LogP contribution >= 0.6 is 0 Å². The quantitative estimate of drug-likeness (QED) is 0.875. The van der Waals surface area contributed by atoms with Crippen LogP contribution in [-0.4, -0.2) is 35.6 Å². The molecule has 0 radical (unpaired) electrons. The Morgan fingerprint density at radius 1 is 1.29 bits per heavy atom. The van der Waals surface area contributed by atoms with Crippen LogP contribution in [0.3, 0.4) is 0 Å². The lowest BCUT2D eigenvalue weighted by Gasteiger charge is -2.24. The molecular formula is C17H29N3O. The van der Waals surface area contributed by atoms with Crippen LogP contribution in [0.25, 0.3) is 0 Å². The zero-order chi connectivity index (χ0) is 14.9. The maximum Gasteiger partial charge on any atom is 0.208 e. The van der Waals surface area contributed by atoms with Gasteiger partial charge in [-0.3, -0.25) is 4.90 Å². The molecule has 4 heteroatoms. The number of hydrogen-bond donors (Lipinski definition) is 1. The zero-order valence-corrected chi connectivity index (χ0v) is 13.7. The molecule has 1 unspecified atom stereocenters. The molecule has 1 atom stereocenters. The first-order chi connectivity index (χ1) is 10.0. The standard InChI is InChI=1S/C17H29N3O/c1-17(2,3)15-9-19-16(21-15)12-20(10-13-6-7-13)11-14-5-4-8-18-14/h9,13-14,18H,4-8,10-12H2,1-3H3. The Kier molecular flexibility index (Phi) is 4.36. The fourth-order valence-corrected chi connectivity index (χ4v) is 3.01. The average molecular weight is 291 g/mol. The lowest BCUT2D eigenvalue weighted by atomic mass is 9.94. The Morgan fingerprint density at radius 2 is 2.10 bits per heavy atom. The molecular weight excluding hydrogens is 262 g/mol. The van der Waals surface area contributed by atoms with Gasteiger partial charge in [0.1, 0.15) is 5.76 Å². The molecule has 1 saturated carbocycles. The third-order valence-electron chi connectivity index (χ3n) is 4.51. The second kappa shape index (κ2) is 6.09. The number of nitrogens with zero attached hydrogens (tertiary/aromatic N) is 2. The first kappa shape index (κ1) is 15.0. The summed E-state index contributed by atoms with van der Waals surface area (Å²) in [5, 5.41) is 3.60. The Morgan fingerprint density at radius 3 is 2.67 bits per heavy atom. The second-order valence-corrected chi connectivity index (χ2v) is 7.80. The summed E-state index contributed by atoms with van der Waals surface area (Å²) < 4.78 is 5.97. The van der Waals surface area contributed by atoms with Crippen molar-refractivity contribution in [2.45, 2.75) is 64.5 Å². The van der Waals surface area contributed by atoms with Crippen LogP contribution in [0.4, 0.5) is 0 Å². The molecule has 2 fully saturated rings. The van der Waals surface area contributed by atoms with Crippen molar-refractivity contribution in [3.05, 3.63) is 17.8 Å². The fourth-order valence-electron chi connectivity index (χ4n) is 3.01. The van der Waals surface area contributed by atoms with Gasteiger partial charge >= 0.3 is 0 Å². The van der Waals surface area contributed by atoms with Gasteiger partial charge in [-0.05, 0) is 38.1 Å². The number of rotatable bonds is 6. The summed E-state index contributed by atoms with van der Waals surface area (Å²) in [6.07, 6.45) is 7.31. The highest BCUT2D eigenvalue weighted by Crippen LogP contribution is 2.30. The zero-order valence-electron chi connectivity index (χ0n) is 13.7. The predicted octanol–water partition coefficient (Wildman–Crippen LogP) is 2.94. The van der Waals surface area contributed by atoms with E-state index in [2.05, 4.69) is 36.0 Å². The molecule has 1 aliphatic heterocycles. The molecule has 1 aromatic rings. The van der Waals surface area contributed by atoms with E-state index in [-0.39, 0.29) is 5.41 Å². The van der Waals surface area contributed by atoms with Gasteiger partial charge in [-0.25, -0.2) is 4.98 Å². The van der Waals surface area contributed by atoms with Crippen LogP contribution in [-0.2, 0) is 12.0 Å². The van der Waals surface area contributed by atoms with Gasteiger partial charge in [0.05, 0.1) is 12.7 Å². The molecule has 2 aliphatic rings. The third kappa shape index (κ3) is 4.30. The molecule has 2 heterocycles. The summed E-state index contributed by atoms with van der Waals surface area (Å²) in [7, 11) is 0. The Bertz CT molecular complexity index is 453. The first-order valence-corrected chi connectivity index (χ1v) is 8.41. The summed E-state index contributed by atoms with van der Waals surface area (Å²) in [6.45, 7) is 10.9. The van der Waals surface area contributed by atoms with Gasteiger partial charge in [0.15, 0.2) is 0 Å². The van der Waals surface area contributed by atoms with Crippen molar-refractivity contribution < 1.29 is 4.42 Å². The number of oxazole rings is 1. The molecule has 0 amide bonds. The molecule has 0 spiro atoms. The minimum atomic E-state index is 0.0413. The minimum absolute atomic E-state index is 0.0413. The van der Waals surface area contributed by atoms with Crippen molar-refractivity contribution in [2.75, 3.05) is 19.6 Å². The van der Waals surface area contributed by atoms with Crippen LogP contribution in [0.1, 0.15) is 58.1 Å². The van der Waals surface area contributed by atoms with Gasteiger partial charge in [0.25, 0.3) is 0 Å². The molecule has 3 rings (SSSR count). The predicted molar refractivity (Wildman–Crippen MR) is 84.2 cm³/mol. The first-order valence-electron chi connectivity index (χ1n) is 8.41. The number of hydrogen-bond acceptors (Lipinski definition) is 4. The van der Waals surface area contributed by atoms with E-state index in [1.54, 1.807) is 0 Å². The van der Waals surface area contributed by atoms with Gasteiger partial charge in [0.2, 0.25) is 5.89 Å².